The summed E-state index contributed by atoms with van der Waals surface area (Å²) in [6.07, 6.45) is 2.80. The lowest BCUT2D eigenvalue weighted by molar-refractivity contribution is 0.0928. The zero-order chi connectivity index (χ0) is 15.7. The van der Waals surface area contributed by atoms with E-state index in [0.717, 1.165) is 30.5 Å². The lowest BCUT2D eigenvalue weighted by atomic mass is 9.87. The lowest BCUT2D eigenvalue weighted by Crippen LogP contribution is -2.31. The molecule has 0 spiro atoms. The molecule has 3 rings (SSSR count). The number of hydrogen-bond acceptors (Lipinski definition) is 2. The number of carbonyl (C=O) groups excluding carboxylic acids is 1. The van der Waals surface area contributed by atoms with Gasteiger partial charge in [0, 0.05) is 5.69 Å². The third-order valence-corrected chi connectivity index (χ3v) is 4.22. The molecular formula is C18H19FN2O. The molecule has 0 fully saturated rings. The second kappa shape index (κ2) is 5.79. The van der Waals surface area contributed by atoms with Crippen molar-refractivity contribution in [3.8, 4) is 0 Å². The zero-order valence-electron chi connectivity index (χ0n) is 12.5. The van der Waals surface area contributed by atoms with Crippen molar-refractivity contribution in [1.82, 2.24) is 5.32 Å². The molecule has 0 saturated heterocycles. The highest BCUT2D eigenvalue weighted by molar-refractivity contribution is 5.95. The van der Waals surface area contributed by atoms with Crippen LogP contribution in [-0.4, -0.2) is 5.91 Å². The van der Waals surface area contributed by atoms with Crippen molar-refractivity contribution in [3.63, 3.8) is 0 Å². The Morgan fingerprint density at radius 3 is 2.95 bits per heavy atom. The maximum atomic E-state index is 14.1. The van der Waals surface area contributed by atoms with E-state index in [4.69, 9.17) is 5.73 Å². The first-order chi connectivity index (χ1) is 10.6. The Balaban J connectivity index is 1.85. The monoisotopic (exact) mass is 298 g/mol. The third-order valence-electron chi connectivity index (χ3n) is 4.22. The smallest absolute Gasteiger partial charge is 0.254 e. The van der Waals surface area contributed by atoms with E-state index in [2.05, 4.69) is 5.32 Å². The van der Waals surface area contributed by atoms with Crippen LogP contribution in [0.15, 0.2) is 36.4 Å². The van der Waals surface area contributed by atoms with Crippen molar-refractivity contribution in [1.29, 1.82) is 0 Å². The predicted octanol–water partition coefficient (Wildman–Crippen LogP) is 3.52. The summed E-state index contributed by atoms with van der Waals surface area (Å²) in [5.74, 6) is -0.816. The largest absolute Gasteiger partial charge is 0.399 e. The molecule has 1 amide bonds. The van der Waals surface area contributed by atoms with E-state index in [1.807, 2.05) is 18.2 Å². The molecule has 4 heteroatoms. The second-order valence-electron chi connectivity index (χ2n) is 5.81. The summed E-state index contributed by atoms with van der Waals surface area (Å²) < 4.78 is 14.1. The molecule has 1 aliphatic carbocycles. The standard InChI is InChI=1S/C18H19FN2O/c1-11-4-2-6-15(17(11)19)18(22)21-16-7-3-5-12-10-13(20)8-9-14(12)16/h2,4,6,8-10,16H,3,5,7,20H2,1H3,(H,21,22). The molecule has 22 heavy (non-hydrogen) atoms. The van der Waals surface area contributed by atoms with Crippen LogP contribution in [0, 0.1) is 12.7 Å². The van der Waals surface area contributed by atoms with E-state index in [1.54, 1.807) is 19.1 Å². The minimum Gasteiger partial charge on any atom is -0.399 e. The molecule has 0 radical (unpaired) electrons. The normalized spacial score (nSPS) is 16.9. The van der Waals surface area contributed by atoms with Gasteiger partial charge in [-0.15, -0.1) is 0 Å². The van der Waals surface area contributed by atoms with Gasteiger partial charge in [-0.3, -0.25) is 4.79 Å². The minimum absolute atomic E-state index is 0.0863. The highest BCUT2D eigenvalue weighted by atomic mass is 19.1. The fourth-order valence-corrected chi connectivity index (χ4v) is 3.04. The molecule has 2 aromatic carbocycles. The Labute approximate surface area is 129 Å². The van der Waals surface area contributed by atoms with Crippen LogP contribution in [0.1, 0.15) is 45.9 Å². The number of anilines is 1. The molecule has 114 valence electrons. The molecule has 1 atom stereocenters. The maximum absolute atomic E-state index is 14.1. The molecule has 0 bridgehead atoms. The third kappa shape index (κ3) is 2.69. The van der Waals surface area contributed by atoms with Crippen molar-refractivity contribution in [2.75, 3.05) is 5.73 Å². The van der Waals surface area contributed by atoms with E-state index < -0.39 is 5.82 Å². The first-order valence-electron chi connectivity index (χ1n) is 7.50. The Bertz CT molecular complexity index is 727. The van der Waals surface area contributed by atoms with Gasteiger partial charge in [-0.1, -0.05) is 18.2 Å². The Hall–Kier alpha value is -2.36. The van der Waals surface area contributed by atoms with Gasteiger partial charge in [0.15, 0.2) is 0 Å². The number of rotatable bonds is 2. The van der Waals surface area contributed by atoms with Crippen molar-refractivity contribution >= 4 is 11.6 Å². The van der Waals surface area contributed by atoms with Crippen LogP contribution in [0.2, 0.25) is 0 Å². The number of nitrogens with one attached hydrogen (secondary N) is 1. The van der Waals surface area contributed by atoms with E-state index in [9.17, 15) is 9.18 Å². The fourth-order valence-electron chi connectivity index (χ4n) is 3.04. The van der Waals surface area contributed by atoms with Gasteiger partial charge in [0.2, 0.25) is 0 Å². The average molecular weight is 298 g/mol. The molecule has 0 aliphatic heterocycles. The summed E-state index contributed by atoms with van der Waals surface area (Å²) in [6, 6.07) is 10.5. The van der Waals surface area contributed by atoms with E-state index >= 15 is 0 Å². The first kappa shape index (κ1) is 14.6. The van der Waals surface area contributed by atoms with Crippen LogP contribution in [0.25, 0.3) is 0 Å². The Morgan fingerprint density at radius 1 is 1.32 bits per heavy atom. The van der Waals surface area contributed by atoms with Crippen LogP contribution in [0.5, 0.6) is 0 Å². The molecule has 1 aliphatic rings. The highest BCUT2D eigenvalue weighted by Gasteiger charge is 2.23. The SMILES string of the molecule is Cc1cccc(C(=O)NC2CCCc3cc(N)ccc32)c1F. The minimum atomic E-state index is -0.451. The zero-order valence-corrected chi connectivity index (χ0v) is 12.5. The lowest BCUT2D eigenvalue weighted by Gasteiger charge is -2.26. The molecule has 0 aromatic heterocycles. The van der Waals surface area contributed by atoms with Gasteiger partial charge >= 0.3 is 0 Å². The summed E-state index contributed by atoms with van der Waals surface area (Å²) in [7, 11) is 0. The number of benzene rings is 2. The fraction of sp³-hybridized carbons (Fsp3) is 0.278. The van der Waals surface area contributed by atoms with E-state index in [0.29, 0.717) is 5.56 Å². The maximum Gasteiger partial charge on any atom is 0.254 e. The van der Waals surface area contributed by atoms with Crippen molar-refractivity contribution < 1.29 is 9.18 Å². The number of aryl methyl sites for hydroxylation is 2. The molecular weight excluding hydrogens is 279 g/mol. The number of nitrogen functional groups attached to an aromatic ring is 1. The van der Waals surface area contributed by atoms with Crippen LogP contribution < -0.4 is 11.1 Å². The topological polar surface area (TPSA) is 55.1 Å². The summed E-state index contributed by atoms with van der Waals surface area (Å²) in [5, 5.41) is 2.96. The van der Waals surface area contributed by atoms with Crippen molar-refractivity contribution in [2.45, 2.75) is 32.2 Å². The Kier molecular flexibility index (Phi) is 3.84. The predicted molar refractivity (Wildman–Crippen MR) is 85.1 cm³/mol. The summed E-state index contributed by atoms with van der Waals surface area (Å²) in [5.41, 5.74) is 9.38. The van der Waals surface area contributed by atoms with Crippen LogP contribution >= 0.6 is 0 Å². The average Bonchev–Trinajstić information content (AvgIpc) is 2.50. The number of nitrogens with two attached hydrogens (primary N) is 1. The first-order valence-corrected chi connectivity index (χ1v) is 7.50. The van der Waals surface area contributed by atoms with Crippen molar-refractivity contribution in [3.05, 3.63) is 64.5 Å². The van der Waals surface area contributed by atoms with Gasteiger partial charge in [0.1, 0.15) is 5.82 Å². The molecule has 1 unspecified atom stereocenters. The molecule has 3 nitrogen and oxygen atoms in total. The highest BCUT2D eigenvalue weighted by Crippen LogP contribution is 2.31. The van der Waals surface area contributed by atoms with Gasteiger partial charge in [0.05, 0.1) is 11.6 Å². The Morgan fingerprint density at radius 2 is 2.14 bits per heavy atom. The molecule has 3 N–H and O–H groups in total. The van der Waals surface area contributed by atoms with E-state index in [1.165, 1.54) is 11.6 Å². The van der Waals surface area contributed by atoms with Crippen molar-refractivity contribution in [2.24, 2.45) is 0 Å². The van der Waals surface area contributed by atoms with Crippen LogP contribution in [0.3, 0.4) is 0 Å². The van der Waals surface area contributed by atoms with Crippen LogP contribution in [-0.2, 0) is 6.42 Å². The van der Waals surface area contributed by atoms with Gasteiger partial charge in [-0.05, 0) is 61.1 Å². The summed E-state index contributed by atoms with van der Waals surface area (Å²) in [6.45, 7) is 1.66. The van der Waals surface area contributed by atoms with Crippen LogP contribution in [0.4, 0.5) is 10.1 Å². The quantitative estimate of drug-likeness (QED) is 0.833. The van der Waals surface area contributed by atoms with Gasteiger partial charge in [-0.25, -0.2) is 4.39 Å². The molecule has 2 aromatic rings. The second-order valence-corrected chi connectivity index (χ2v) is 5.81. The number of hydrogen-bond donors (Lipinski definition) is 2. The summed E-state index contributed by atoms with van der Waals surface area (Å²) in [4.78, 5) is 12.4. The number of carbonyl (C=O) groups is 1. The summed E-state index contributed by atoms with van der Waals surface area (Å²) >= 11 is 0. The van der Waals surface area contributed by atoms with Gasteiger partial charge in [-0.2, -0.15) is 0 Å². The van der Waals surface area contributed by atoms with E-state index in [-0.39, 0.29) is 17.5 Å². The number of halogens is 1. The van der Waals surface area contributed by atoms with Gasteiger partial charge < -0.3 is 11.1 Å². The number of amides is 1. The molecule has 0 heterocycles. The number of fused-ring (bicyclic) bond motifs is 1. The molecule has 0 saturated carbocycles. The van der Waals surface area contributed by atoms with Gasteiger partial charge in [0.25, 0.3) is 5.91 Å².